The van der Waals surface area contributed by atoms with E-state index in [1.54, 1.807) is 12.1 Å². The second-order valence-corrected chi connectivity index (χ2v) is 6.81. The third-order valence-electron chi connectivity index (χ3n) is 4.47. The number of amides is 1. The Morgan fingerprint density at radius 1 is 0.909 bits per heavy atom. The van der Waals surface area contributed by atoms with E-state index in [-0.39, 0.29) is 16.8 Å². The summed E-state index contributed by atoms with van der Waals surface area (Å²) in [6.07, 6.45) is 0. The minimum absolute atomic E-state index is 0.00646. The average molecular weight is 453 g/mol. The number of rotatable bonds is 7. The Kier molecular flexibility index (Phi) is 6.77. The SMILES string of the molecule is COC(=O)c1cc(N=N[C@H](C(C)=O)C(=O)Nc2ccc3[nH]c(=O)[nH]c3c2)cc(C(=O)OC)c1. The first-order valence-electron chi connectivity index (χ1n) is 9.47. The summed E-state index contributed by atoms with van der Waals surface area (Å²) in [6, 6.07) is 6.96. The van der Waals surface area contributed by atoms with Crippen molar-refractivity contribution in [1.82, 2.24) is 9.97 Å². The highest BCUT2D eigenvalue weighted by Crippen LogP contribution is 2.21. The van der Waals surface area contributed by atoms with E-state index < -0.39 is 35.4 Å². The number of azo groups is 1. The molecule has 0 aliphatic carbocycles. The van der Waals surface area contributed by atoms with Crippen molar-refractivity contribution in [2.75, 3.05) is 19.5 Å². The van der Waals surface area contributed by atoms with Crippen LogP contribution >= 0.6 is 0 Å². The number of anilines is 1. The average Bonchev–Trinajstić information content (AvgIpc) is 3.16. The largest absolute Gasteiger partial charge is 0.465 e. The summed E-state index contributed by atoms with van der Waals surface area (Å²) in [6.45, 7) is 1.17. The smallest absolute Gasteiger partial charge is 0.337 e. The summed E-state index contributed by atoms with van der Waals surface area (Å²) in [7, 11) is 2.34. The zero-order chi connectivity index (χ0) is 24.1. The Morgan fingerprint density at radius 2 is 1.52 bits per heavy atom. The van der Waals surface area contributed by atoms with Gasteiger partial charge in [0.05, 0.1) is 42.1 Å². The molecule has 0 bridgehead atoms. The van der Waals surface area contributed by atoms with E-state index in [0.29, 0.717) is 16.7 Å². The van der Waals surface area contributed by atoms with Gasteiger partial charge in [0.25, 0.3) is 5.91 Å². The van der Waals surface area contributed by atoms with Gasteiger partial charge in [-0.1, -0.05) is 0 Å². The van der Waals surface area contributed by atoms with Crippen LogP contribution in [0.15, 0.2) is 51.4 Å². The lowest BCUT2D eigenvalue weighted by Crippen LogP contribution is -2.31. The molecule has 1 heterocycles. The molecule has 0 saturated carbocycles. The van der Waals surface area contributed by atoms with Crippen LogP contribution in [0, 0.1) is 0 Å². The van der Waals surface area contributed by atoms with E-state index in [2.05, 4.69) is 35.0 Å². The van der Waals surface area contributed by atoms with Crippen molar-refractivity contribution >= 4 is 46.0 Å². The summed E-state index contributed by atoms with van der Waals surface area (Å²) in [5, 5.41) is 10.2. The number of nitrogens with zero attached hydrogens (tertiary/aromatic N) is 2. The molecule has 1 aromatic heterocycles. The molecule has 0 saturated heterocycles. The second kappa shape index (κ2) is 9.68. The van der Waals surface area contributed by atoms with Gasteiger partial charge in [0.15, 0.2) is 5.78 Å². The minimum Gasteiger partial charge on any atom is -0.465 e. The molecule has 0 unspecified atom stereocenters. The van der Waals surface area contributed by atoms with E-state index in [9.17, 15) is 24.0 Å². The standard InChI is InChI=1S/C21H19N5O7/c1-10(27)17(18(28)22-13-4-5-15-16(9-13)24-21(31)23-15)26-25-14-7-11(19(29)32-2)6-12(8-14)20(30)33-3/h4-9,17H,1-3H3,(H,22,28)(H2,23,24,31)/t17-/m1/s1. The lowest BCUT2D eigenvalue weighted by atomic mass is 10.1. The Labute approximate surface area is 186 Å². The van der Waals surface area contributed by atoms with E-state index >= 15 is 0 Å². The molecule has 170 valence electrons. The maximum atomic E-state index is 12.6. The third-order valence-corrected chi connectivity index (χ3v) is 4.47. The molecule has 0 radical (unpaired) electrons. The number of esters is 2. The lowest BCUT2D eigenvalue weighted by Gasteiger charge is -2.10. The zero-order valence-electron chi connectivity index (χ0n) is 17.8. The van der Waals surface area contributed by atoms with Crippen LogP contribution < -0.4 is 11.0 Å². The number of aromatic amines is 2. The van der Waals surface area contributed by atoms with Crippen LogP contribution in [0.4, 0.5) is 11.4 Å². The summed E-state index contributed by atoms with van der Waals surface area (Å²) in [4.78, 5) is 65.0. The summed E-state index contributed by atoms with van der Waals surface area (Å²) >= 11 is 0. The van der Waals surface area contributed by atoms with Gasteiger partial charge in [-0.3, -0.25) is 9.59 Å². The number of nitrogens with one attached hydrogen (secondary N) is 3. The normalized spacial score (nSPS) is 11.8. The number of hydrogen-bond acceptors (Lipinski definition) is 9. The van der Waals surface area contributed by atoms with Gasteiger partial charge in [-0.2, -0.15) is 10.2 Å². The summed E-state index contributed by atoms with van der Waals surface area (Å²) in [5.74, 6) is -2.81. The number of hydrogen-bond donors (Lipinski definition) is 3. The molecule has 0 fully saturated rings. The van der Waals surface area contributed by atoms with Gasteiger partial charge >= 0.3 is 17.6 Å². The Bertz CT molecular complexity index is 1300. The molecule has 0 aliphatic heterocycles. The van der Waals surface area contributed by atoms with Crippen LogP contribution in [0.5, 0.6) is 0 Å². The molecule has 3 aromatic rings. The number of ether oxygens (including phenoxy) is 2. The first kappa shape index (κ1) is 23.1. The van der Waals surface area contributed by atoms with Crippen molar-refractivity contribution in [3.8, 4) is 0 Å². The predicted molar refractivity (Wildman–Crippen MR) is 116 cm³/mol. The van der Waals surface area contributed by atoms with Gasteiger partial charge in [0.2, 0.25) is 6.04 Å². The molecule has 2 aromatic carbocycles. The number of benzene rings is 2. The Morgan fingerprint density at radius 3 is 2.09 bits per heavy atom. The minimum atomic E-state index is -1.51. The van der Waals surface area contributed by atoms with Crippen molar-refractivity contribution in [3.05, 3.63) is 58.0 Å². The monoisotopic (exact) mass is 453 g/mol. The summed E-state index contributed by atoms with van der Waals surface area (Å²) in [5.41, 5.74) is 0.985. The maximum Gasteiger partial charge on any atom is 0.337 e. The number of carbonyl (C=O) groups excluding carboxylic acids is 4. The fraction of sp³-hybridized carbons (Fsp3) is 0.190. The van der Waals surface area contributed by atoms with Crippen molar-refractivity contribution < 1.29 is 28.7 Å². The van der Waals surface area contributed by atoms with Crippen molar-refractivity contribution in [2.45, 2.75) is 13.0 Å². The molecule has 12 nitrogen and oxygen atoms in total. The van der Waals surface area contributed by atoms with E-state index in [0.717, 1.165) is 0 Å². The van der Waals surface area contributed by atoms with Crippen molar-refractivity contribution in [3.63, 3.8) is 0 Å². The van der Waals surface area contributed by atoms with E-state index in [1.807, 2.05) is 0 Å². The molecule has 0 aliphatic rings. The lowest BCUT2D eigenvalue weighted by molar-refractivity contribution is -0.126. The highest BCUT2D eigenvalue weighted by atomic mass is 16.5. The van der Waals surface area contributed by atoms with Gasteiger partial charge in [-0.25, -0.2) is 14.4 Å². The molecule has 1 atom stereocenters. The zero-order valence-corrected chi connectivity index (χ0v) is 17.8. The molecular weight excluding hydrogens is 434 g/mol. The third kappa shape index (κ3) is 5.36. The number of methoxy groups -OCH3 is 2. The number of imidazole rings is 1. The highest BCUT2D eigenvalue weighted by molar-refractivity contribution is 6.10. The maximum absolute atomic E-state index is 12.6. The van der Waals surface area contributed by atoms with Crippen molar-refractivity contribution in [2.24, 2.45) is 10.2 Å². The molecule has 12 heteroatoms. The first-order valence-corrected chi connectivity index (χ1v) is 9.47. The number of carbonyl (C=O) groups is 4. The van der Waals surface area contributed by atoms with Gasteiger partial charge < -0.3 is 24.8 Å². The van der Waals surface area contributed by atoms with Gasteiger partial charge in [-0.15, -0.1) is 0 Å². The molecule has 3 N–H and O–H groups in total. The van der Waals surface area contributed by atoms with Crippen LogP contribution in [0.2, 0.25) is 0 Å². The van der Waals surface area contributed by atoms with Crippen LogP contribution in [0.1, 0.15) is 27.6 Å². The Hall–Kier alpha value is -4.61. The van der Waals surface area contributed by atoms with E-state index in [1.165, 1.54) is 45.4 Å². The first-order chi connectivity index (χ1) is 15.7. The number of Topliss-reactive ketones (excluding diaryl/α,β-unsaturated/α-hetero) is 1. The number of ketones is 1. The predicted octanol–water partition coefficient (Wildman–Crippen LogP) is 2.11. The molecule has 0 spiro atoms. The van der Waals surface area contributed by atoms with Crippen molar-refractivity contribution in [1.29, 1.82) is 0 Å². The quantitative estimate of drug-likeness (QED) is 0.279. The van der Waals surface area contributed by atoms with Gasteiger partial charge in [0, 0.05) is 5.69 Å². The second-order valence-electron chi connectivity index (χ2n) is 6.81. The molecule has 1 amide bonds. The van der Waals surface area contributed by atoms with Crippen LogP contribution in [-0.2, 0) is 19.1 Å². The number of fused-ring (bicyclic) bond motifs is 1. The van der Waals surface area contributed by atoms with Crippen LogP contribution in [0.25, 0.3) is 11.0 Å². The van der Waals surface area contributed by atoms with E-state index in [4.69, 9.17) is 0 Å². The fourth-order valence-electron chi connectivity index (χ4n) is 2.90. The van der Waals surface area contributed by atoms with Crippen LogP contribution in [-0.4, -0.2) is 53.9 Å². The van der Waals surface area contributed by atoms with Gasteiger partial charge in [0.1, 0.15) is 0 Å². The van der Waals surface area contributed by atoms with Gasteiger partial charge in [-0.05, 0) is 43.3 Å². The van der Waals surface area contributed by atoms with Crippen LogP contribution in [0.3, 0.4) is 0 Å². The number of H-pyrrole nitrogens is 2. The topological polar surface area (TPSA) is 172 Å². The highest BCUT2D eigenvalue weighted by Gasteiger charge is 2.24. The fourth-order valence-corrected chi connectivity index (χ4v) is 2.90. The molecular formula is C21H19N5O7. The summed E-state index contributed by atoms with van der Waals surface area (Å²) < 4.78 is 9.31. The molecule has 3 rings (SSSR count). The molecule has 33 heavy (non-hydrogen) atoms. The Balaban J connectivity index is 1.87. The number of aromatic nitrogens is 2.